The van der Waals surface area contributed by atoms with Crippen molar-refractivity contribution in [2.75, 3.05) is 13.1 Å². The zero-order valence-corrected chi connectivity index (χ0v) is 11.2. The van der Waals surface area contributed by atoms with E-state index in [-0.39, 0.29) is 17.6 Å². The number of rotatable bonds is 6. The highest BCUT2D eigenvalue weighted by molar-refractivity contribution is 5.88. The number of hydrogen-bond acceptors (Lipinski definition) is 3. The van der Waals surface area contributed by atoms with E-state index in [2.05, 4.69) is 11.2 Å². The van der Waals surface area contributed by atoms with Gasteiger partial charge in [0.15, 0.2) is 5.78 Å². The zero-order valence-electron chi connectivity index (χ0n) is 11.2. The van der Waals surface area contributed by atoms with Crippen molar-refractivity contribution in [3.63, 3.8) is 0 Å². The van der Waals surface area contributed by atoms with Crippen LogP contribution in [0.15, 0.2) is 0 Å². The Hall–Kier alpha value is -1.83. The van der Waals surface area contributed by atoms with E-state index >= 15 is 0 Å². The lowest BCUT2D eigenvalue weighted by atomic mass is 9.96. The van der Waals surface area contributed by atoms with E-state index in [0.29, 0.717) is 25.9 Å². The summed E-state index contributed by atoms with van der Waals surface area (Å²) in [5.41, 5.74) is 0. The summed E-state index contributed by atoms with van der Waals surface area (Å²) in [7, 11) is 0. The molecule has 19 heavy (non-hydrogen) atoms. The van der Waals surface area contributed by atoms with Crippen molar-refractivity contribution >= 4 is 18.1 Å². The van der Waals surface area contributed by atoms with Crippen molar-refractivity contribution in [1.82, 2.24) is 10.2 Å². The number of terminal acetylenes is 1. The first-order chi connectivity index (χ1) is 9.08. The second-order valence-corrected chi connectivity index (χ2v) is 4.85. The quantitative estimate of drug-likeness (QED) is 0.556. The average molecular weight is 264 g/mol. The van der Waals surface area contributed by atoms with Crippen LogP contribution in [0.3, 0.4) is 0 Å². The average Bonchev–Trinajstić information content (AvgIpc) is 2.42. The molecule has 2 atom stereocenters. The van der Waals surface area contributed by atoms with Gasteiger partial charge < -0.3 is 10.2 Å². The van der Waals surface area contributed by atoms with Crippen molar-refractivity contribution in [3.8, 4) is 12.3 Å². The second kappa shape index (κ2) is 7.57. The van der Waals surface area contributed by atoms with Crippen molar-refractivity contribution < 1.29 is 14.4 Å². The Morgan fingerprint density at radius 2 is 2.32 bits per heavy atom. The lowest BCUT2D eigenvalue weighted by Crippen LogP contribution is -2.47. The molecule has 0 spiro atoms. The lowest BCUT2D eigenvalue weighted by molar-refractivity contribution is -0.132. The Morgan fingerprint density at radius 1 is 1.58 bits per heavy atom. The number of piperidine rings is 1. The van der Waals surface area contributed by atoms with Gasteiger partial charge in [-0.05, 0) is 26.2 Å². The van der Waals surface area contributed by atoms with Crippen LogP contribution in [-0.2, 0) is 14.4 Å². The second-order valence-electron chi connectivity index (χ2n) is 4.85. The molecule has 0 aromatic heterocycles. The van der Waals surface area contributed by atoms with Crippen LogP contribution in [0.4, 0.5) is 0 Å². The van der Waals surface area contributed by atoms with Gasteiger partial charge in [0.25, 0.3) is 0 Å². The van der Waals surface area contributed by atoms with Crippen molar-refractivity contribution in [2.24, 2.45) is 5.92 Å². The fourth-order valence-corrected chi connectivity index (χ4v) is 2.21. The van der Waals surface area contributed by atoms with Crippen LogP contribution in [-0.4, -0.2) is 42.1 Å². The molecule has 2 unspecified atom stereocenters. The highest BCUT2D eigenvalue weighted by Crippen LogP contribution is 2.15. The number of hydrogen-bond donors (Lipinski definition) is 1. The first-order valence-corrected chi connectivity index (χ1v) is 6.52. The molecule has 0 radical (unpaired) electrons. The number of likely N-dealkylation sites (tertiary alicyclic amines) is 1. The summed E-state index contributed by atoms with van der Waals surface area (Å²) in [6, 6.07) is -0.518. The van der Waals surface area contributed by atoms with E-state index in [1.165, 1.54) is 6.92 Å². The minimum atomic E-state index is -0.518. The molecule has 0 aliphatic carbocycles. The minimum Gasteiger partial charge on any atom is -0.346 e. The Labute approximate surface area is 113 Å². The van der Waals surface area contributed by atoms with E-state index in [9.17, 15) is 14.4 Å². The van der Waals surface area contributed by atoms with Gasteiger partial charge in [0.1, 0.15) is 0 Å². The molecule has 0 aromatic rings. The maximum absolute atomic E-state index is 12.1. The van der Waals surface area contributed by atoms with Gasteiger partial charge >= 0.3 is 0 Å². The van der Waals surface area contributed by atoms with Gasteiger partial charge in [-0.3, -0.25) is 14.4 Å². The van der Waals surface area contributed by atoms with Crippen LogP contribution in [0.2, 0.25) is 0 Å². The molecule has 5 heteroatoms. The first kappa shape index (κ1) is 15.2. The Balaban J connectivity index is 2.53. The fraction of sp³-hybridized carbons (Fsp3) is 0.643. The van der Waals surface area contributed by atoms with Gasteiger partial charge in [-0.15, -0.1) is 12.3 Å². The first-order valence-electron chi connectivity index (χ1n) is 6.52. The third kappa shape index (κ3) is 4.74. The molecular formula is C14H20N2O3. The molecule has 0 aromatic carbocycles. The number of carbonyl (C=O) groups is 3. The number of nitrogens with zero attached hydrogens (tertiary/aromatic N) is 1. The summed E-state index contributed by atoms with van der Waals surface area (Å²) in [6.07, 6.45) is 8.40. The molecule has 1 rings (SSSR count). The maximum atomic E-state index is 12.1. The maximum Gasteiger partial charge on any atom is 0.225 e. The molecule has 5 nitrogen and oxygen atoms in total. The molecule has 2 amide bonds. The lowest BCUT2D eigenvalue weighted by Gasteiger charge is -2.30. The van der Waals surface area contributed by atoms with Gasteiger partial charge in [0.05, 0.1) is 12.0 Å². The van der Waals surface area contributed by atoms with Crippen molar-refractivity contribution in [1.29, 1.82) is 0 Å². The van der Waals surface area contributed by atoms with Crippen LogP contribution in [0.1, 0.15) is 32.6 Å². The minimum absolute atomic E-state index is 0.0911. The van der Waals surface area contributed by atoms with E-state index in [1.807, 2.05) is 0 Å². The SMILES string of the molecule is C#CCCC(NC(=O)C1CCCN(C=O)C1)C(C)=O. The molecule has 1 fully saturated rings. The van der Waals surface area contributed by atoms with E-state index < -0.39 is 6.04 Å². The highest BCUT2D eigenvalue weighted by Gasteiger charge is 2.27. The van der Waals surface area contributed by atoms with Crippen molar-refractivity contribution in [2.45, 2.75) is 38.6 Å². The van der Waals surface area contributed by atoms with E-state index in [1.54, 1.807) is 4.90 Å². The van der Waals surface area contributed by atoms with Crippen LogP contribution in [0.25, 0.3) is 0 Å². The summed E-state index contributed by atoms with van der Waals surface area (Å²) < 4.78 is 0. The third-order valence-electron chi connectivity index (χ3n) is 3.36. The molecule has 1 N–H and O–H groups in total. The number of nitrogens with one attached hydrogen (secondary N) is 1. The summed E-state index contributed by atoms with van der Waals surface area (Å²) in [4.78, 5) is 35.8. The summed E-state index contributed by atoms with van der Waals surface area (Å²) in [5.74, 6) is 1.98. The predicted molar refractivity (Wildman–Crippen MR) is 71.0 cm³/mol. The third-order valence-corrected chi connectivity index (χ3v) is 3.36. The van der Waals surface area contributed by atoms with E-state index in [4.69, 9.17) is 6.42 Å². The van der Waals surface area contributed by atoms with Gasteiger partial charge in [0.2, 0.25) is 12.3 Å². The molecule has 0 saturated carbocycles. The van der Waals surface area contributed by atoms with Gasteiger partial charge in [-0.1, -0.05) is 0 Å². The standard InChI is InChI=1S/C14H20N2O3/c1-3-4-7-13(11(2)18)15-14(19)12-6-5-8-16(9-12)10-17/h1,10,12-13H,4-9H2,2H3,(H,15,19). The molecule has 104 valence electrons. The highest BCUT2D eigenvalue weighted by atomic mass is 16.2. The largest absolute Gasteiger partial charge is 0.346 e. The Kier molecular flexibility index (Phi) is 6.07. The van der Waals surface area contributed by atoms with Crippen LogP contribution in [0.5, 0.6) is 0 Å². The molecule has 1 saturated heterocycles. The summed E-state index contributed by atoms with van der Waals surface area (Å²) in [5, 5.41) is 2.74. The fourth-order valence-electron chi connectivity index (χ4n) is 2.21. The Bertz CT molecular complexity index is 387. The van der Waals surface area contributed by atoms with Crippen LogP contribution >= 0.6 is 0 Å². The monoisotopic (exact) mass is 264 g/mol. The molecule has 1 heterocycles. The molecule has 0 bridgehead atoms. The van der Waals surface area contributed by atoms with Gasteiger partial charge in [-0.2, -0.15) is 0 Å². The number of carbonyl (C=O) groups excluding carboxylic acids is 3. The van der Waals surface area contributed by atoms with Crippen molar-refractivity contribution in [3.05, 3.63) is 0 Å². The predicted octanol–water partition coefficient (Wildman–Crippen LogP) is 0.342. The Morgan fingerprint density at radius 3 is 2.89 bits per heavy atom. The summed E-state index contributed by atoms with van der Waals surface area (Å²) in [6.45, 7) is 2.57. The summed E-state index contributed by atoms with van der Waals surface area (Å²) >= 11 is 0. The topological polar surface area (TPSA) is 66.5 Å². The molecule has 1 aliphatic rings. The van der Waals surface area contributed by atoms with Crippen LogP contribution < -0.4 is 5.32 Å². The number of Topliss-reactive ketones (excluding diaryl/α,β-unsaturated/α-hetero) is 1. The van der Waals surface area contributed by atoms with Gasteiger partial charge in [0, 0.05) is 19.5 Å². The van der Waals surface area contributed by atoms with Crippen LogP contribution in [0, 0.1) is 18.3 Å². The van der Waals surface area contributed by atoms with E-state index in [0.717, 1.165) is 19.3 Å². The number of amides is 2. The van der Waals surface area contributed by atoms with Gasteiger partial charge in [-0.25, -0.2) is 0 Å². The zero-order chi connectivity index (χ0) is 14.3. The molecular weight excluding hydrogens is 244 g/mol. The number of ketones is 1. The smallest absolute Gasteiger partial charge is 0.225 e. The molecule has 1 aliphatic heterocycles. The normalized spacial score (nSPS) is 20.2.